The van der Waals surface area contributed by atoms with Crippen LogP contribution >= 0.6 is 22.6 Å². The molecule has 6 aliphatic carbocycles. The Balaban J connectivity index is 1.26. The Morgan fingerprint density at radius 1 is 1.00 bits per heavy atom. The molecule has 0 aromatic heterocycles. The third-order valence-corrected chi connectivity index (χ3v) is 11.1. The highest BCUT2D eigenvalue weighted by atomic mass is 127. The van der Waals surface area contributed by atoms with Crippen LogP contribution in [0.3, 0.4) is 0 Å². The lowest BCUT2D eigenvalue weighted by atomic mass is 9.55. The zero-order valence-electron chi connectivity index (χ0n) is 14.8. The van der Waals surface area contributed by atoms with Gasteiger partial charge in [-0.1, -0.05) is 29.5 Å². The van der Waals surface area contributed by atoms with Gasteiger partial charge >= 0.3 is 0 Å². The summed E-state index contributed by atoms with van der Waals surface area (Å²) in [6, 6.07) is 0. The van der Waals surface area contributed by atoms with E-state index in [9.17, 15) is 10.2 Å². The largest absolute Gasteiger partial charge is 0.392 e. The maximum Gasteiger partial charge on any atom is 0.0689 e. The van der Waals surface area contributed by atoms with Crippen LogP contribution in [0.1, 0.15) is 64.7 Å². The molecule has 24 heavy (non-hydrogen) atoms. The second-order valence-corrected chi connectivity index (χ2v) is 12.8. The van der Waals surface area contributed by atoms with E-state index in [1.54, 1.807) is 0 Å². The molecule has 2 N–H and O–H groups in total. The van der Waals surface area contributed by atoms with Crippen molar-refractivity contribution in [2.24, 2.45) is 46.3 Å². The molecule has 11 unspecified atom stereocenters. The van der Waals surface area contributed by atoms with Gasteiger partial charge in [-0.25, -0.2) is 0 Å². The van der Waals surface area contributed by atoms with Crippen LogP contribution in [0.2, 0.25) is 0 Å². The van der Waals surface area contributed by atoms with Gasteiger partial charge in [0, 0.05) is 3.92 Å². The molecule has 0 aliphatic heterocycles. The Morgan fingerprint density at radius 3 is 2.67 bits per heavy atom. The van der Waals surface area contributed by atoms with Crippen LogP contribution in [-0.2, 0) is 0 Å². The third-order valence-electron chi connectivity index (χ3n) is 9.85. The van der Waals surface area contributed by atoms with E-state index < -0.39 is 0 Å². The van der Waals surface area contributed by atoms with Crippen molar-refractivity contribution in [2.45, 2.75) is 80.3 Å². The lowest BCUT2D eigenvalue weighted by Crippen LogP contribution is -2.54. The van der Waals surface area contributed by atoms with Gasteiger partial charge in [-0.2, -0.15) is 0 Å². The van der Waals surface area contributed by atoms with Gasteiger partial charge in [-0.3, -0.25) is 0 Å². The van der Waals surface area contributed by atoms with Gasteiger partial charge in [-0.05, 0) is 104 Å². The van der Waals surface area contributed by atoms with Gasteiger partial charge in [0.05, 0.1) is 11.7 Å². The summed E-state index contributed by atoms with van der Waals surface area (Å²) in [5.74, 6) is 4.54. The minimum atomic E-state index is -0.255. The fraction of sp³-hybridized carbons (Fsp3) is 1.00. The van der Waals surface area contributed by atoms with Crippen molar-refractivity contribution in [1.29, 1.82) is 0 Å². The Labute approximate surface area is 159 Å². The molecule has 0 aromatic rings. The minimum absolute atomic E-state index is 0.0536. The fourth-order valence-corrected chi connectivity index (χ4v) is 10.5. The van der Waals surface area contributed by atoms with Crippen LogP contribution in [0.5, 0.6) is 0 Å². The molecule has 1 spiro atoms. The van der Waals surface area contributed by atoms with Crippen LogP contribution in [0.25, 0.3) is 0 Å². The number of hydrogen-bond acceptors (Lipinski definition) is 2. The molecular formula is C21H31IO2. The van der Waals surface area contributed by atoms with Crippen LogP contribution in [0.4, 0.5) is 0 Å². The molecule has 0 heterocycles. The van der Waals surface area contributed by atoms with Gasteiger partial charge < -0.3 is 10.2 Å². The van der Waals surface area contributed by atoms with Crippen molar-refractivity contribution in [3.8, 4) is 0 Å². The number of rotatable bonds is 2. The van der Waals surface area contributed by atoms with E-state index in [1.165, 1.54) is 44.9 Å². The second-order valence-electron chi connectivity index (χ2n) is 11.2. The van der Waals surface area contributed by atoms with E-state index in [0.717, 1.165) is 36.5 Å². The van der Waals surface area contributed by atoms with Gasteiger partial charge in [0.25, 0.3) is 0 Å². The van der Waals surface area contributed by atoms with E-state index in [1.807, 2.05) is 0 Å². The normalized spacial score (nSPS) is 69.0. The molecule has 6 fully saturated rings. The smallest absolute Gasteiger partial charge is 0.0689 e. The summed E-state index contributed by atoms with van der Waals surface area (Å²) in [5, 5.41) is 21.6. The third kappa shape index (κ3) is 1.81. The summed E-state index contributed by atoms with van der Waals surface area (Å²) in [7, 11) is 0. The zero-order chi connectivity index (χ0) is 16.5. The van der Waals surface area contributed by atoms with Crippen molar-refractivity contribution in [3.63, 3.8) is 0 Å². The first-order valence-electron chi connectivity index (χ1n) is 10.4. The van der Waals surface area contributed by atoms with Crippen LogP contribution in [-0.4, -0.2) is 25.8 Å². The predicted octanol–water partition coefficient (Wildman–Crippen LogP) is 4.16. The van der Waals surface area contributed by atoms with Gasteiger partial charge in [0.15, 0.2) is 0 Å². The number of alkyl halides is 1. The molecule has 11 atom stereocenters. The Hall–Kier alpha value is 0.650. The first kappa shape index (κ1) is 15.7. The average Bonchev–Trinajstić information content (AvgIpc) is 3.07. The zero-order valence-corrected chi connectivity index (χ0v) is 16.9. The Bertz CT molecular complexity index is 594. The van der Waals surface area contributed by atoms with Crippen molar-refractivity contribution in [1.82, 2.24) is 0 Å². The summed E-state index contributed by atoms with van der Waals surface area (Å²) in [4.78, 5) is 0. The second kappa shape index (κ2) is 4.55. The van der Waals surface area contributed by atoms with Crippen molar-refractivity contribution in [3.05, 3.63) is 0 Å². The quantitative estimate of drug-likeness (QED) is 0.498. The lowest BCUT2D eigenvalue weighted by Gasteiger charge is -2.52. The van der Waals surface area contributed by atoms with Gasteiger partial charge in [-0.15, -0.1) is 0 Å². The molecule has 0 amide bonds. The topological polar surface area (TPSA) is 40.5 Å². The highest BCUT2D eigenvalue weighted by Gasteiger charge is 2.80. The molecule has 6 saturated carbocycles. The van der Waals surface area contributed by atoms with Crippen molar-refractivity contribution in [2.75, 3.05) is 0 Å². The van der Waals surface area contributed by atoms with Gasteiger partial charge in [0.2, 0.25) is 0 Å². The number of hydrogen-bond donors (Lipinski definition) is 2. The van der Waals surface area contributed by atoms with Crippen molar-refractivity contribution >= 4 is 22.6 Å². The molecule has 0 radical (unpaired) electrons. The number of halogens is 1. The predicted molar refractivity (Wildman–Crippen MR) is 102 cm³/mol. The minimum Gasteiger partial charge on any atom is -0.392 e. The maximum absolute atomic E-state index is 10.9. The highest BCUT2D eigenvalue weighted by molar-refractivity contribution is 14.1. The molecular weight excluding hydrogens is 411 g/mol. The first-order chi connectivity index (χ1) is 11.3. The molecule has 134 valence electrons. The highest BCUT2D eigenvalue weighted by Crippen LogP contribution is 2.84. The maximum atomic E-state index is 10.9. The summed E-state index contributed by atoms with van der Waals surface area (Å²) >= 11 is 2.50. The molecule has 0 aromatic carbocycles. The number of fused-ring (bicyclic) bond motifs is 3. The Morgan fingerprint density at radius 2 is 1.83 bits per heavy atom. The first-order valence-corrected chi connectivity index (χ1v) is 11.6. The lowest BCUT2D eigenvalue weighted by molar-refractivity contribution is -0.148. The van der Waals surface area contributed by atoms with Crippen LogP contribution < -0.4 is 0 Å². The fourth-order valence-electron chi connectivity index (χ4n) is 9.28. The standard InChI is InChI=1S/C21H31IO2/c1-19(8-13-2-11-3-14(13)18(23)15(22)4-11)6-12-5-16-20(9-17(19)20)10-21(16,24)7-12/h11-18,23-24H,2-10H2,1H3. The van der Waals surface area contributed by atoms with E-state index in [-0.39, 0.29) is 11.7 Å². The summed E-state index contributed by atoms with van der Waals surface area (Å²) < 4.78 is 0.489. The average molecular weight is 442 g/mol. The Kier molecular flexibility index (Phi) is 2.97. The van der Waals surface area contributed by atoms with Crippen LogP contribution in [0.15, 0.2) is 0 Å². The molecule has 2 nitrogen and oxygen atoms in total. The number of aliphatic hydroxyl groups is 2. The molecule has 6 rings (SSSR count). The summed E-state index contributed by atoms with van der Waals surface area (Å²) in [6.45, 7) is 2.60. The van der Waals surface area contributed by atoms with E-state index in [0.29, 0.717) is 26.6 Å². The summed E-state index contributed by atoms with van der Waals surface area (Å²) in [6.07, 6.45) is 11.5. The monoisotopic (exact) mass is 442 g/mol. The molecule has 0 saturated heterocycles. The van der Waals surface area contributed by atoms with Crippen molar-refractivity contribution < 1.29 is 10.2 Å². The number of aliphatic hydroxyl groups excluding tert-OH is 1. The van der Waals surface area contributed by atoms with Gasteiger partial charge in [0.1, 0.15) is 0 Å². The molecule has 6 aliphatic rings. The van der Waals surface area contributed by atoms with E-state index in [4.69, 9.17) is 0 Å². The SMILES string of the molecule is CC1(CC2CC3CC(I)C(O)C2C3)CC2CC3C(O)(C2)CC32CC12. The summed E-state index contributed by atoms with van der Waals surface area (Å²) in [5.41, 5.74) is 0.784. The van der Waals surface area contributed by atoms with Crippen LogP contribution in [0, 0.1) is 46.3 Å². The van der Waals surface area contributed by atoms with E-state index in [2.05, 4.69) is 29.5 Å². The molecule has 3 heteroatoms. The molecule has 4 bridgehead atoms. The van der Waals surface area contributed by atoms with E-state index >= 15 is 0 Å².